The van der Waals surface area contributed by atoms with Crippen molar-refractivity contribution in [2.24, 2.45) is 4.99 Å². The Morgan fingerprint density at radius 1 is 1.33 bits per heavy atom. The van der Waals surface area contributed by atoms with Crippen molar-refractivity contribution in [3.8, 4) is 5.75 Å². The fourth-order valence-electron chi connectivity index (χ4n) is 1.79. The predicted molar refractivity (Wildman–Crippen MR) is 78.9 cm³/mol. The van der Waals surface area contributed by atoms with Gasteiger partial charge in [-0.2, -0.15) is 0 Å². The molecule has 0 aliphatic carbocycles. The van der Waals surface area contributed by atoms with Crippen molar-refractivity contribution in [2.45, 2.75) is 59.4 Å². The zero-order valence-electron chi connectivity index (χ0n) is 12.4. The molecule has 100 valence electrons. The molecule has 1 N–H and O–H groups in total. The minimum Gasteiger partial charge on any atom is -0.507 e. The van der Waals surface area contributed by atoms with Crippen molar-refractivity contribution in [3.05, 3.63) is 28.8 Å². The Morgan fingerprint density at radius 2 is 1.94 bits per heavy atom. The molecule has 2 heteroatoms. The molecule has 0 heterocycles. The molecule has 0 saturated heterocycles. The van der Waals surface area contributed by atoms with Gasteiger partial charge >= 0.3 is 0 Å². The van der Waals surface area contributed by atoms with Gasteiger partial charge in [-0.15, -0.1) is 0 Å². The quantitative estimate of drug-likeness (QED) is 0.797. The first-order chi connectivity index (χ1) is 8.25. The maximum atomic E-state index is 10.3. The molecule has 1 unspecified atom stereocenters. The van der Waals surface area contributed by atoms with Gasteiger partial charge in [0.2, 0.25) is 0 Å². The molecule has 0 aromatic heterocycles. The monoisotopic (exact) mass is 247 g/mol. The van der Waals surface area contributed by atoms with Crippen LogP contribution in [0.1, 0.15) is 57.7 Å². The van der Waals surface area contributed by atoms with Gasteiger partial charge in [0.05, 0.1) is 0 Å². The van der Waals surface area contributed by atoms with Crippen LogP contribution in [0.4, 0.5) is 0 Å². The Bertz CT molecular complexity index is 441. The second-order valence-electron chi connectivity index (χ2n) is 6.04. The zero-order valence-corrected chi connectivity index (χ0v) is 12.4. The van der Waals surface area contributed by atoms with Crippen LogP contribution in [-0.4, -0.2) is 17.4 Å². The molecular weight excluding hydrogens is 222 g/mol. The van der Waals surface area contributed by atoms with E-state index in [0.717, 1.165) is 23.1 Å². The first-order valence-electron chi connectivity index (χ1n) is 6.63. The van der Waals surface area contributed by atoms with Gasteiger partial charge in [0.15, 0.2) is 0 Å². The molecule has 0 amide bonds. The topological polar surface area (TPSA) is 32.6 Å². The maximum Gasteiger partial charge on any atom is 0.128 e. The van der Waals surface area contributed by atoms with E-state index in [1.165, 1.54) is 0 Å². The number of phenolic OH excluding ortho intramolecular Hbond substituents is 1. The first-order valence-corrected chi connectivity index (χ1v) is 6.63. The highest BCUT2D eigenvalue weighted by Crippen LogP contribution is 2.33. The minimum absolute atomic E-state index is 0.0605. The van der Waals surface area contributed by atoms with Gasteiger partial charge in [0.25, 0.3) is 0 Å². The third kappa shape index (κ3) is 3.59. The predicted octanol–water partition coefficient (Wildman–Crippen LogP) is 4.22. The number of aliphatic imine (C=N–C) groups is 1. The summed E-state index contributed by atoms with van der Waals surface area (Å²) in [6.07, 6.45) is 2.81. The fraction of sp³-hybridized carbons (Fsp3) is 0.562. The number of benzene rings is 1. The van der Waals surface area contributed by atoms with Crippen LogP contribution in [0.2, 0.25) is 0 Å². The molecule has 0 fully saturated rings. The van der Waals surface area contributed by atoms with Gasteiger partial charge in [-0.25, -0.2) is 0 Å². The molecule has 1 atom stereocenters. The Kier molecular flexibility index (Phi) is 4.55. The first kappa shape index (κ1) is 14.7. The van der Waals surface area contributed by atoms with E-state index < -0.39 is 0 Å². The number of hydrogen-bond acceptors (Lipinski definition) is 2. The molecule has 0 aliphatic heterocycles. The second kappa shape index (κ2) is 5.55. The van der Waals surface area contributed by atoms with Crippen LogP contribution < -0.4 is 0 Å². The molecule has 0 saturated carbocycles. The van der Waals surface area contributed by atoms with E-state index in [1.54, 1.807) is 6.21 Å². The summed E-state index contributed by atoms with van der Waals surface area (Å²) in [6, 6.07) is 4.33. The number of aryl methyl sites for hydroxylation is 1. The van der Waals surface area contributed by atoms with Crippen LogP contribution in [-0.2, 0) is 5.41 Å². The lowest BCUT2D eigenvalue weighted by Crippen LogP contribution is -2.12. The Labute approximate surface area is 111 Å². The lowest BCUT2D eigenvalue weighted by atomic mass is 9.84. The average Bonchev–Trinajstić information content (AvgIpc) is 2.27. The number of rotatable bonds is 3. The van der Waals surface area contributed by atoms with E-state index in [0.29, 0.717) is 11.8 Å². The molecule has 1 aromatic rings. The molecule has 18 heavy (non-hydrogen) atoms. The highest BCUT2D eigenvalue weighted by Gasteiger charge is 2.20. The minimum atomic E-state index is -0.0605. The molecule has 0 spiro atoms. The summed E-state index contributed by atoms with van der Waals surface area (Å²) in [7, 11) is 0. The highest BCUT2D eigenvalue weighted by atomic mass is 16.3. The summed E-state index contributed by atoms with van der Waals surface area (Å²) in [4.78, 5) is 4.45. The highest BCUT2D eigenvalue weighted by molar-refractivity contribution is 5.84. The summed E-state index contributed by atoms with van der Waals surface area (Å²) in [5.74, 6) is 0.361. The Hall–Kier alpha value is -1.31. The molecule has 0 bridgehead atoms. The van der Waals surface area contributed by atoms with Gasteiger partial charge in [-0.1, -0.05) is 33.8 Å². The number of aromatic hydroxyl groups is 1. The Morgan fingerprint density at radius 3 is 2.44 bits per heavy atom. The van der Waals surface area contributed by atoms with Crippen molar-refractivity contribution in [2.75, 3.05) is 0 Å². The lowest BCUT2D eigenvalue weighted by Gasteiger charge is -2.22. The van der Waals surface area contributed by atoms with Crippen molar-refractivity contribution < 1.29 is 5.11 Å². The van der Waals surface area contributed by atoms with Crippen LogP contribution >= 0.6 is 0 Å². The van der Waals surface area contributed by atoms with E-state index in [2.05, 4.69) is 52.6 Å². The standard InChI is InChI=1S/C16H25NO/c1-7-12(3)17-10-13-8-11(2)9-14(15(13)18)16(4,5)6/h8-10,12,18H,7H2,1-6H3. The van der Waals surface area contributed by atoms with E-state index in [-0.39, 0.29) is 5.41 Å². The number of nitrogens with zero attached hydrogens (tertiary/aromatic N) is 1. The maximum absolute atomic E-state index is 10.3. The van der Waals surface area contributed by atoms with Gasteiger partial charge in [-0.3, -0.25) is 4.99 Å². The molecule has 2 nitrogen and oxygen atoms in total. The van der Waals surface area contributed by atoms with Crippen LogP contribution in [0.3, 0.4) is 0 Å². The van der Waals surface area contributed by atoms with Crippen LogP contribution in [0.25, 0.3) is 0 Å². The van der Waals surface area contributed by atoms with Crippen LogP contribution in [0, 0.1) is 6.92 Å². The lowest BCUT2D eigenvalue weighted by molar-refractivity contribution is 0.445. The average molecular weight is 247 g/mol. The van der Waals surface area contributed by atoms with Crippen molar-refractivity contribution >= 4 is 6.21 Å². The molecule has 1 rings (SSSR count). The van der Waals surface area contributed by atoms with Gasteiger partial charge in [-0.05, 0) is 37.3 Å². The van der Waals surface area contributed by atoms with E-state index in [4.69, 9.17) is 0 Å². The van der Waals surface area contributed by atoms with Crippen LogP contribution in [0.5, 0.6) is 5.75 Å². The molecule has 0 aliphatic rings. The third-order valence-corrected chi connectivity index (χ3v) is 3.15. The van der Waals surface area contributed by atoms with Crippen LogP contribution in [0.15, 0.2) is 17.1 Å². The summed E-state index contributed by atoms with van der Waals surface area (Å²) < 4.78 is 0. The van der Waals surface area contributed by atoms with Gasteiger partial charge in [0, 0.05) is 23.4 Å². The van der Waals surface area contributed by atoms with Gasteiger partial charge < -0.3 is 5.11 Å². The second-order valence-corrected chi connectivity index (χ2v) is 6.04. The number of phenols is 1. The molecular formula is C16H25NO. The summed E-state index contributed by atoms with van der Waals surface area (Å²) in [5.41, 5.74) is 2.89. The molecule has 1 aromatic carbocycles. The SMILES string of the molecule is CCC(C)N=Cc1cc(C)cc(C(C)(C)C)c1O. The van der Waals surface area contributed by atoms with E-state index in [1.807, 2.05) is 6.07 Å². The summed E-state index contributed by atoms with van der Waals surface area (Å²) in [6.45, 7) is 12.6. The number of hydrogen-bond donors (Lipinski definition) is 1. The fourth-order valence-corrected chi connectivity index (χ4v) is 1.79. The van der Waals surface area contributed by atoms with Crippen molar-refractivity contribution in [1.29, 1.82) is 0 Å². The summed E-state index contributed by atoms with van der Waals surface area (Å²) in [5, 5.41) is 10.3. The van der Waals surface area contributed by atoms with E-state index in [9.17, 15) is 5.11 Å². The zero-order chi connectivity index (χ0) is 13.9. The smallest absolute Gasteiger partial charge is 0.128 e. The largest absolute Gasteiger partial charge is 0.507 e. The van der Waals surface area contributed by atoms with Crippen molar-refractivity contribution in [1.82, 2.24) is 0 Å². The van der Waals surface area contributed by atoms with Crippen molar-refractivity contribution in [3.63, 3.8) is 0 Å². The van der Waals surface area contributed by atoms with Gasteiger partial charge in [0.1, 0.15) is 5.75 Å². The summed E-state index contributed by atoms with van der Waals surface area (Å²) >= 11 is 0. The van der Waals surface area contributed by atoms with E-state index >= 15 is 0 Å². The molecule has 0 radical (unpaired) electrons. The third-order valence-electron chi connectivity index (χ3n) is 3.15. The normalized spacial score (nSPS) is 14.1. The Balaban J connectivity index is 3.22.